The van der Waals surface area contributed by atoms with Crippen LogP contribution in [0, 0.1) is 0 Å². The molecule has 12 heteroatoms. The highest BCUT2D eigenvalue weighted by atomic mass is 32.2. The van der Waals surface area contributed by atoms with Gasteiger partial charge in [-0.3, -0.25) is 14.9 Å². The molecule has 34 heavy (non-hydrogen) atoms. The largest absolute Gasteiger partial charge is 0.454 e. The molecule has 4 amide bonds. The number of hydrogen-bond donors (Lipinski definition) is 3. The molecule has 0 aromatic heterocycles. The summed E-state index contributed by atoms with van der Waals surface area (Å²) >= 11 is 1.14. The molecule has 0 aliphatic carbocycles. The van der Waals surface area contributed by atoms with Gasteiger partial charge in [0.1, 0.15) is 0 Å². The van der Waals surface area contributed by atoms with Gasteiger partial charge in [-0.2, -0.15) is 0 Å². The maximum Gasteiger partial charge on any atom is 0.339 e. The van der Waals surface area contributed by atoms with Crippen LogP contribution in [0.2, 0.25) is 0 Å². The van der Waals surface area contributed by atoms with Crippen molar-refractivity contribution in [1.29, 1.82) is 0 Å². The molecule has 0 spiro atoms. The van der Waals surface area contributed by atoms with E-state index in [4.69, 9.17) is 18.9 Å². The summed E-state index contributed by atoms with van der Waals surface area (Å²) in [6.07, 6.45) is 0. The summed E-state index contributed by atoms with van der Waals surface area (Å²) in [6, 6.07) is 10.9. The van der Waals surface area contributed by atoms with Crippen LogP contribution in [0.4, 0.5) is 10.5 Å². The van der Waals surface area contributed by atoms with Crippen molar-refractivity contribution in [3.8, 4) is 11.5 Å². The molecular weight excluding hydrogens is 466 g/mol. The maximum absolute atomic E-state index is 12.5. The van der Waals surface area contributed by atoms with E-state index in [9.17, 15) is 19.2 Å². The highest BCUT2D eigenvalue weighted by Gasteiger charge is 2.17. The molecule has 0 radical (unpaired) electrons. The van der Waals surface area contributed by atoms with Gasteiger partial charge in [0.2, 0.25) is 12.7 Å². The minimum absolute atomic E-state index is 0.0286. The monoisotopic (exact) mass is 489 g/mol. The van der Waals surface area contributed by atoms with Crippen LogP contribution in [-0.2, 0) is 19.1 Å². The second-order valence-corrected chi connectivity index (χ2v) is 7.79. The summed E-state index contributed by atoms with van der Waals surface area (Å²) in [5.41, 5.74) is 0.750. The molecule has 0 saturated carbocycles. The van der Waals surface area contributed by atoms with Gasteiger partial charge in [-0.15, -0.1) is 11.8 Å². The zero-order chi connectivity index (χ0) is 24.3. The summed E-state index contributed by atoms with van der Waals surface area (Å²) in [4.78, 5) is 48.7. The Labute approximate surface area is 199 Å². The lowest BCUT2D eigenvalue weighted by Gasteiger charge is -2.10. The number of thioether (sulfide) groups is 1. The summed E-state index contributed by atoms with van der Waals surface area (Å²) in [6.45, 7) is 0.0147. The van der Waals surface area contributed by atoms with Gasteiger partial charge in [-0.1, -0.05) is 12.1 Å². The number of ether oxygens (including phenoxy) is 4. The number of fused-ring (bicyclic) bond motifs is 1. The van der Waals surface area contributed by atoms with E-state index in [0.717, 1.165) is 11.8 Å². The zero-order valence-electron chi connectivity index (χ0n) is 18.3. The van der Waals surface area contributed by atoms with Gasteiger partial charge >= 0.3 is 12.0 Å². The first-order valence-electron chi connectivity index (χ1n) is 10.1. The standard InChI is InChI=1S/C22H23N3O8S/c1-30-9-8-23-22(29)25-19(26)11-31-21(28)15-4-2-3-5-18(15)34-12-20(27)24-14-6-7-16-17(10-14)33-13-32-16/h2-7,10H,8-9,11-13H2,1H3,(H,24,27)(H2,23,25,26,29). The molecule has 0 unspecified atom stereocenters. The van der Waals surface area contributed by atoms with Gasteiger partial charge in [0.15, 0.2) is 18.1 Å². The lowest BCUT2D eigenvalue weighted by molar-refractivity contribution is -0.123. The molecule has 3 N–H and O–H groups in total. The van der Waals surface area contributed by atoms with Crippen LogP contribution in [-0.4, -0.2) is 63.2 Å². The quantitative estimate of drug-likeness (QED) is 0.259. The molecule has 0 bridgehead atoms. The van der Waals surface area contributed by atoms with E-state index in [2.05, 4.69) is 10.6 Å². The Kier molecular flexibility index (Phi) is 9.12. The Bertz CT molecular complexity index is 1060. The highest BCUT2D eigenvalue weighted by Crippen LogP contribution is 2.34. The third-order valence-electron chi connectivity index (χ3n) is 4.30. The van der Waals surface area contributed by atoms with Gasteiger partial charge in [0.05, 0.1) is 17.9 Å². The number of hydrogen-bond acceptors (Lipinski definition) is 9. The number of anilines is 1. The van der Waals surface area contributed by atoms with E-state index < -0.39 is 24.5 Å². The van der Waals surface area contributed by atoms with E-state index in [1.54, 1.807) is 36.4 Å². The number of methoxy groups -OCH3 is 1. The average molecular weight is 490 g/mol. The van der Waals surface area contributed by atoms with Crippen LogP contribution in [0.1, 0.15) is 10.4 Å². The van der Waals surface area contributed by atoms with E-state index in [1.165, 1.54) is 13.2 Å². The Balaban J connectivity index is 1.47. The molecule has 0 fully saturated rings. The number of amides is 4. The Morgan fingerprint density at radius 2 is 1.82 bits per heavy atom. The minimum Gasteiger partial charge on any atom is -0.454 e. The first kappa shape index (κ1) is 24.9. The number of rotatable bonds is 10. The van der Waals surface area contributed by atoms with Gasteiger partial charge in [-0.05, 0) is 24.3 Å². The Morgan fingerprint density at radius 1 is 1.03 bits per heavy atom. The van der Waals surface area contributed by atoms with Crippen LogP contribution in [0.15, 0.2) is 47.4 Å². The van der Waals surface area contributed by atoms with Crippen molar-refractivity contribution in [3.63, 3.8) is 0 Å². The number of carbonyl (C=O) groups excluding carboxylic acids is 4. The molecule has 1 heterocycles. The van der Waals surface area contributed by atoms with Gasteiger partial charge in [0, 0.05) is 30.3 Å². The molecular formula is C22H23N3O8S. The fourth-order valence-corrected chi connectivity index (χ4v) is 3.60. The van der Waals surface area contributed by atoms with E-state index in [-0.39, 0.29) is 30.6 Å². The third-order valence-corrected chi connectivity index (χ3v) is 5.37. The molecule has 1 aliphatic heterocycles. The lowest BCUT2D eigenvalue weighted by Crippen LogP contribution is -2.42. The first-order chi connectivity index (χ1) is 16.5. The average Bonchev–Trinajstić information content (AvgIpc) is 3.29. The Morgan fingerprint density at radius 3 is 2.65 bits per heavy atom. The van der Waals surface area contributed by atoms with E-state index in [0.29, 0.717) is 28.7 Å². The molecule has 11 nitrogen and oxygen atoms in total. The summed E-state index contributed by atoms with van der Waals surface area (Å²) in [7, 11) is 1.48. The third kappa shape index (κ3) is 7.39. The molecule has 0 saturated heterocycles. The van der Waals surface area contributed by atoms with E-state index >= 15 is 0 Å². The van der Waals surface area contributed by atoms with E-state index in [1.807, 2.05) is 5.32 Å². The van der Waals surface area contributed by atoms with Gasteiger partial charge in [0.25, 0.3) is 5.91 Å². The molecule has 2 aromatic rings. The zero-order valence-corrected chi connectivity index (χ0v) is 19.1. The summed E-state index contributed by atoms with van der Waals surface area (Å²) < 4.78 is 20.3. The summed E-state index contributed by atoms with van der Waals surface area (Å²) in [5.74, 6) is -0.632. The maximum atomic E-state index is 12.5. The number of carbonyl (C=O) groups is 4. The predicted octanol–water partition coefficient (Wildman–Crippen LogP) is 1.78. The molecule has 180 valence electrons. The van der Waals surface area contributed by atoms with Gasteiger partial charge in [-0.25, -0.2) is 9.59 Å². The normalized spacial score (nSPS) is 11.4. The van der Waals surface area contributed by atoms with Crippen LogP contribution in [0.3, 0.4) is 0 Å². The molecule has 3 rings (SSSR count). The number of imide groups is 1. The predicted molar refractivity (Wildman–Crippen MR) is 122 cm³/mol. The van der Waals surface area contributed by atoms with Crippen LogP contribution >= 0.6 is 11.8 Å². The highest BCUT2D eigenvalue weighted by molar-refractivity contribution is 8.00. The van der Waals surface area contributed by atoms with Gasteiger partial charge < -0.3 is 29.6 Å². The minimum atomic E-state index is -0.781. The number of benzene rings is 2. The van der Waals surface area contributed by atoms with Crippen molar-refractivity contribution in [2.75, 3.05) is 44.7 Å². The number of esters is 1. The van der Waals surface area contributed by atoms with Crippen molar-refractivity contribution < 1.29 is 38.1 Å². The number of nitrogens with one attached hydrogen (secondary N) is 3. The van der Waals surface area contributed by atoms with Crippen LogP contribution in [0.5, 0.6) is 11.5 Å². The van der Waals surface area contributed by atoms with Crippen LogP contribution < -0.4 is 25.4 Å². The lowest BCUT2D eigenvalue weighted by atomic mass is 10.2. The molecule has 1 aliphatic rings. The SMILES string of the molecule is COCCNC(=O)NC(=O)COC(=O)c1ccccc1SCC(=O)Nc1ccc2c(c1)OCO2. The smallest absolute Gasteiger partial charge is 0.339 e. The van der Waals surface area contributed by atoms with Crippen molar-refractivity contribution in [2.45, 2.75) is 4.90 Å². The second kappa shape index (κ2) is 12.5. The summed E-state index contributed by atoms with van der Waals surface area (Å²) in [5, 5.41) is 7.21. The molecule has 0 atom stereocenters. The molecule has 2 aromatic carbocycles. The first-order valence-corrected chi connectivity index (χ1v) is 11.1. The fraction of sp³-hybridized carbons (Fsp3) is 0.273. The second-order valence-electron chi connectivity index (χ2n) is 6.77. The van der Waals surface area contributed by atoms with Crippen molar-refractivity contribution >= 4 is 41.3 Å². The van der Waals surface area contributed by atoms with Crippen molar-refractivity contribution in [1.82, 2.24) is 10.6 Å². The van der Waals surface area contributed by atoms with Crippen molar-refractivity contribution in [3.05, 3.63) is 48.0 Å². The fourth-order valence-electron chi connectivity index (χ4n) is 2.76. The Hall–Kier alpha value is -3.77. The van der Waals surface area contributed by atoms with Crippen molar-refractivity contribution in [2.24, 2.45) is 0 Å². The number of urea groups is 1. The topological polar surface area (TPSA) is 141 Å². The van der Waals surface area contributed by atoms with Crippen LogP contribution in [0.25, 0.3) is 0 Å².